The van der Waals surface area contributed by atoms with E-state index in [1.54, 1.807) is 7.11 Å². The lowest BCUT2D eigenvalue weighted by Gasteiger charge is -2.21. The van der Waals surface area contributed by atoms with Crippen molar-refractivity contribution in [1.29, 1.82) is 0 Å². The molecule has 0 saturated heterocycles. The maximum Gasteiger partial charge on any atom is 0.223 e. The van der Waals surface area contributed by atoms with Crippen LogP contribution in [0.5, 0.6) is 5.75 Å². The molecule has 3 N–H and O–H groups in total. The first-order valence-corrected chi connectivity index (χ1v) is 8.51. The Morgan fingerprint density at radius 2 is 2.16 bits per heavy atom. The van der Waals surface area contributed by atoms with E-state index in [4.69, 9.17) is 22.1 Å². The molecule has 2 aromatic heterocycles. The fraction of sp³-hybridized carbons (Fsp3) is 0.471. The van der Waals surface area contributed by atoms with E-state index in [1.165, 1.54) is 0 Å². The molecule has 1 atom stereocenters. The lowest BCUT2D eigenvalue weighted by atomic mass is 10.0. The lowest BCUT2D eigenvalue weighted by molar-refractivity contribution is 0.277. The molecule has 0 amide bonds. The summed E-state index contributed by atoms with van der Waals surface area (Å²) in [5.41, 5.74) is 9.54. The number of halogens is 1. The summed E-state index contributed by atoms with van der Waals surface area (Å²) in [7, 11) is 1.66. The molecule has 3 heterocycles. The van der Waals surface area contributed by atoms with Crippen LogP contribution in [0.4, 0.5) is 11.8 Å². The summed E-state index contributed by atoms with van der Waals surface area (Å²) in [5.74, 6) is 1.78. The van der Waals surface area contributed by atoms with Crippen molar-refractivity contribution in [2.75, 3.05) is 30.9 Å². The zero-order valence-corrected chi connectivity index (χ0v) is 15.3. The van der Waals surface area contributed by atoms with Crippen LogP contribution < -0.4 is 15.4 Å². The van der Waals surface area contributed by atoms with Crippen LogP contribution in [0.1, 0.15) is 34.7 Å². The number of nitrogens with two attached hydrogens (primary N) is 1. The Hall–Kier alpha value is -2.12. The predicted octanol–water partition coefficient (Wildman–Crippen LogP) is 2.22. The number of hydrogen-bond donors (Lipinski definition) is 2. The number of fused-ring (bicyclic) bond motifs is 1. The Morgan fingerprint density at radius 1 is 1.40 bits per heavy atom. The number of aromatic nitrogens is 3. The van der Waals surface area contributed by atoms with Gasteiger partial charge in [-0.2, -0.15) is 4.98 Å². The van der Waals surface area contributed by atoms with Gasteiger partial charge in [0.2, 0.25) is 5.95 Å². The Balaban J connectivity index is 1.98. The third-order valence-corrected chi connectivity index (χ3v) is 4.90. The van der Waals surface area contributed by atoms with E-state index in [-0.39, 0.29) is 18.5 Å². The van der Waals surface area contributed by atoms with E-state index >= 15 is 0 Å². The van der Waals surface area contributed by atoms with Crippen molar-refractivity contribution in [3.63, 3.8) is 0 Å². The van der Waals surface area contributed by atoms with Gasteiger partial charge >= 0.3 is 0 Å². The highest BCUT2D eigenvalue weighted by molar-refractivity contribution is 6.30. The molecule has 3 rings (SSSR count). The van der Waals surface area contributed by atoms with Gasteiger partial charge in [0.1, 0.15) is 16.7 Å². The molecule has 1 aliphatic rings. The molecule has 0 fully saturated rings. The summed E-state index contributed by atoms with van der Waals surface area (Å²) in [4.78, 5) is 15.1. The molecule has 0 aliphatic carbocycles. The monoisotopic (exact) mass is 363 g/mol. The largest absolute Gasteiger partial charge is 0.496 e. The second-order valence-corrected chi connectivity index (χ2v) is 6.60. The molecular weight excluding hydrogens is 342 g/mol. The molecule has 25 heavy (non-hydrogen) atoms. The second kappa shape index (κ2) is 7.01. The second-order valence-electron chi connectivity index (χ2n) is 6.25. The first-order valence-electron chi connectivity index (χ1n) is 8.14. The van der Waals surface area contributed by atoms with Gasteiger partial charge < -0.3 is 20.5 Å². The van der Waals surface area contributed by atoms with Gasteiger partial charge in [0.05, 0.1) is 19.3 Å². The van der Waals surface area contributed by atoms with Crippen LogP contribution in [0.2, 0.25) is 5.15 Å². The summed E-state index contributed by atoms with van der Waals surface area (Å²) in [6, 6.07) is 0. The number of methoxy groups -OCH3 is 1. The fourth-order valence-electron chi connectivity index (χ4n) is 3.42. The molecule has 1 aliphatic heterocycles. The number of nitrogen functional groups attached to an aromatic ring is 1. The van der Waals surface area contributed by atoms with Crippen molar-refractivity contribution in [1.82, 2.24) is 15.0 Å². The molecule has 7 nitrogen and oxygen atoms in total. The molecule has 0 aromatic carbocycles. The molecule has 134 valence electrons. The van der Waals surface area contributed by atoms with E-state index in [9.17, 15) is 5.11 Å². The van der Waals surface area contributed by atoms with Gasteiger partial charge in [-0.1, -0.05) is 11.6 Å². The van der Waals surface area contributed by atoms with Crippen LogP contribution in [0.25, 0.3) is 0 Å². The smallest absolute Gasteiger partial charge is 0.223 e. The molecule has 0 saturated carbocycles. The number of rotatable bonds is 5. The van der Waals surface area contributed by atoms with Crippen LogP contribution in [-0.4, -0.2) is 40.3 Å². The molecule has 0 spiro atoms. The van der Waals surface area contributed by atoms with Gasteiger partial charge in [0, 0.05) is 42.0 Å². The zero-order valence-electron chi connectivity index (χ0n) is 14.6. The lowest BCUT2D eigenvalue weighted by Crippen LogP contribution is -2.24. The van der Waals surface area contributed by atoms with Gasteiger partial charge in [-0.15, -0.1) is 0 Å². The number of anilines is 2. The molecule has 0 radical (unpaired) electrons. The first-order chi connectivity index (χ1) is 12.0. The molecule has 1 unspecified atom stereocenters. The van der Waals surface area contributed by atoms with Crippen molar-refractivity contribution < 1.29 is 9.84 Å². The third-order valence-electron chi connectivity index (χ3n) is 4.61. The van der Waals surface area contributed by atoms with Crippen molar-refractivity contribution in [3.8, 4) is 5.75 Å². The van der Waals surface area contributed by atoms with Gasteiger partial charge in [0.25, 0.3) is 0 Å². The number of ether oxygens (including phenoxy) is 1. The first kappa shape index (κ1) is 17.7. The van der Waals surface area contributed by atoms with Crippen LogP contribution >= 0.6 is 11.6 Å². The number of pyridine rings is 1. The van der Waals surface area contributed by atoms with Gasteiger partial charge in [-0.3, -0.25) is 4.98 Å². The highest BCUT2D eigenvalue weighted by atomic mass is 35.5. The fourth-order valence-corrected chi connectivity index (χ4v) is 3.75. The van der Waals surface area contributed by atoms with Gasteiger partial charge in [-0.05, 0) is 20.3 Å². The summed E-state index contributed by atoms with van der Waals surface area (Å²) in [5, 5.41) is 9.72. The van der Waals surface area contributed by atoms with Crippen molar-refractivity contribution in [2.24, 2.45) is 0 Å². The van der Waals surface area contributed by atoms with Gasteiger partial charge in [-0.25, -0.2) is 4.98 Å². The predicted molar refractivity (Wildman–Crippen MR) is 97.2 cm³/mol. The average Bonchev–Trinajstić information content (AvgIpc) is 2.89. The standard InChI is InChI=1S/C17H22ClN5O2/c1-9-6-20-12(10(2)14(9)25-3)8-23-7-11(4-5-24)13-15(18)21-17(19)22-16(13)23/h6,11,24H,4-5,7-8H2,1-3H3,(H2,19,21,22). The quantitative estimate of drug-likeness (QED) is 0.786. The summed E-state index contributed by atoms with van der Waals surface area (Å²) < 4.78 is 5.49. The minimum absolute atomic E-state index is 0.0701. The van der Waals surface area contributed by atoms with Crippen LogP contribution in [0.15, 0.2) is 6.20 Å². The average molecular weight is 364 g/mol. The summed E-state index contributed by atoms with van der Waals surface area (Å²) in [6.07, 6.45) is 2.41. The third kappa shape index (κ3) is 3.21. The van der Waals surface area contributed by atoms with Crippen molar-refractivity contribution in [2.45, 2.75) is 32.7 Å². The van der Waals surface area contributed by atoms with E-state index in [1.807, 2.05) is 20.0 Å². The Morgan fingerprint density at radius 3 is 2.84 bits per heavy atom. The van der Waals surface area contributed by atoms with E-state index < -0.39 is 0 Å². The van der Waals surface area contributed by atoms with Crippen molar-refractivity contribution >= 4 is 23.4 Å². The number of aryl methyl sites for hydroxylation is 1. The Kier molecular flexibility index (Phi) is 4.96. The summed E-state index contributed by atoms with van der Waals surface area (Å²) >= 11 is 6.30. The topological polar surface area (TPSA) is 97.4 Å². The van der Waals surface area contributed by atoms with E-state index in [0.717, 1.165) is 34.0 Å². The SMILES string of the molecule is COc1c(C)cnc(CN2CC(CCO)c3c(Cl)nc(N)nc32)c1C. The number of aliphatic hydroxyl groups is 1. The van der Waals surface area contributed by atoms with Gasteiger partial charge in [0.15, 0.2) is 0 Å². The van der Waals surface area contributed by atoms with E-state index in [0.29, 0.717) is 24.7 Å². The number of hydrogen-bond acceptors (Lipinski definition) is 7. The normalized spacial score (nSPS) is 16.2. The van der Waals surface area contributed by atoms with Crippen LogP contribution in [0, 0.1) is 13.8 Å². The zero-order chi connectivity index (χ0) is 18.1. The Bertz CT molecular complexity index is 799. The molecule has 2 aromatic rings. The minimum atomic E-state index is 0.0701. The van der Waals surface area contributed by atoms with Crippen LogP contribution in [0.3, 0.4) is 0 Å². The molecule has 0 bridgehead atoms. The maximum atomic E-state index is 9.36. The minimum Gasteiger partial charge on any atom is -0.496 e. The molecular formula is C17H22ClN5O2. The molecule has 8 heteroatoms. The highest BCUT2D eigenvalue weighted by Crippen LogP contribution is 2.41. The van der Waals surface area contributed by atoms with E-state index in [2.05, 4.69) is 19.9 Å². The maximum absolute atomic E-state index is 9.36. The highest BCUT2D eigenvalue weighted by Gasteiger charge is 2.33. The summed E-state index contributed by atoms with van der Waals surface area (Å²) in [6.45, 7) is 5.29. The number of nitrogens with zero attached hydrogens (tertiary/aromatic N) is 4. The van der Waals surface area contributed by atoms with Crippen molar-refractivity contribution in [3.05, 3.63) is 33.7 Å². The number of aliphatic hydroxyl groups excluding tert-OH is 1. The van der Waals surface area contributed by atoms with Crippen LogP contribution in [-0.2, 0) is 6.54 Å². The Labute approximate surface area is 151 Å².